The van der Waals surface area contributed by atoms with E-state index in [0.717, 1.165) is 6.08 Å². The van der Waals surface area contributed by atoms with Gasteiger partial charge in [-0.3, -0.25) is 4.79 Å². The Kier molecular flexibility index (Phi) is 3.70. The highest BCUT2D eigenvalue weighted by molar-refractivity contribution is 5.93. The maximum Gasteiger partial charge on any atom is 0.268 e. The van der Waals surface area contributed by atoms with Gasteiger partial charge in [0, 0.05) is 12.8 Å². The average molecular weight is 112 g/mol. The number of carbonyl (C=O) groups is 1. The van der Waals surface area contributed by atoms with Crippen LogP contribution in [-0.4, -0.2) is 18.7 Å². The van der Waals surface area contributed by atoms with Crippen molar-refractivity contribution < 1.29 is 4.79 Å². The number of carbonyl (C=O) groups excluding carboxylic acids is 1. The summed E-state index contributed by atoms with van der Waals surface area (Å²) >= 11 is 0. The molecule has 8 heavy (non-hydrogen) atoms. The van der Waals surface area contributed by atoms with E-state index in [-0.39, 0.29) is 5.91 Å². The van der Waals surface area contributed by atoms with Crippen LogP contribution in [0.5, 0.6) is 0 Å². The van der Waals surface area contributed by atoms with Gasteiger partial charge in [-0.15, -0.1) is 0 Å². The summed E-state index contributed by atoms with van der Waals surface area (Å²) in [6.45, 7) is 3.50. The molecule has 0 aromatic rings. The molecule has 1 amide bonds. The van der Waals surface area contributed by atoms with E-state index >= 15 is 0 Å². The molecule has 0 rings (SSSR count). The minimum atomic E-state index is -0.351. The van der Waals surface area contributed by atoms with E-state index in [4.69, 9.17) is 5.73 Å². The predicted molar refractivity (Wildman–Crippen MR) is 32.8 cm³/mol. The Balaban J connectivity index is 3.52. The fourth-order valence-corrected chi connectivity index (χ4v) is 0.195. The maximum atomic E-state index is 10.2. The third-order valence-electron chi connectivity index (χ3n) is 0.499. The average Bonchev–Trinajstić information content (AvgIpc) is 1.83. The Labute approximate surface area is 47.9 Å². The van der Waals surface area contributed by atoms with Crippen molar-refractivity contribution in [3.05, 3.63) is 12.7 Å². The molecule has 0 bridgehead atoms. The molecule has 0 saturated carbocycles. The lowest BCUT2D eigenvalue weighted by atomic mass is 10.6. The summed E-state index contributed by atoms with van der Waals surface area (Å²) < 4.78 is 0. The number of hydrogen-bond acceptors (Lipinski definition) is 2. The van der Waals surface area contributed by atoms with Gasteiger partial charge < -0.3 is 5.73 Å². The Morgan fingerprint density at radius 3 is 2.88 bits per heavy atom. The summed E-state index contributed by atoms with van der Waals surface area (Å²) in [5, 5.41) is 0. The number of hydrogen-bond donors (Lipinski definition) is 1. The van der Waals surface area contributed by atoms with Crippen LogP contribution < -0.4 is 5.73 Å². The van der Waals surface area contributed by atoms with E-state index in [9.17, 15) is 4.79 Å². The molecule has 0 atom stereocenters. The normalized spacial score (nSPS) is 9.62. The molecular formula is C5H8N2O. The lowest BCUT2D eigenvalue weighted by Gasteiger charge is -1.77. The Morgan fingerprint density at radius 2 is 2.50 bits per heavy atom. The molecule has 0 aliphatic carbocycles. The van der Waals surface area contributed by atoms with Crippen molar-refractivity contribution in [3.8, 4) is 0 Å². The molecule has 3 nitrogen and oxygen atoms in total. The predicted octanol–water partition coefficient (Wildman–Crippen LogP) is -0.271. The Morgan fingerprint density at radius 1 is 1.88 bits per heavy atom. The molecule has 0 radical (unpaired) electrons. The molecule has 0 spiro atoms. The van der Waals surface area contributed by atoms with E-state index < -0.39 is 0 Å². The monoisotopic (exact) mass is 112 g/mol. The molecule has 0 unspecified atom stereocenters. The standard InChI is InChI=1S/C5H8N2O/c1-2-5(8)7-4-3-6/h2,4H,1,3,6H2. The van der Waals surface area contributed by atoms with Crippen molar-refractivity contribution in [2.24, 2.45) is 10.7 Å². The van der Waals surface area contributed by atoms with Gasteiger partial charge in [0.25, 0.3) is 5.91 Å². The van der Waals surface area contributed by atoms with Crippen LogP contribution in [0.25, 0.3) is 0 Å². The highest BCUT2D eigenvalue weighted by Gasteiger charge is 1.81. The number of aliphatic imine (C=N–C) groups is 1. The second-order valence-corrected chi connectivity index (χ2v) is 1.09. The molecule has 0 aromatic carbocycles. The zero-order chi connectivity index (χ0) is 6.41. The summed E-state index contributed by atoms with van der Waals surface area (Å²) in [5.41, 5.74) is 5.00. The van der Waals surface area contributed by atoms with Crippen molar-refractivity contribution in [1.29, 1.82) is 0 Å². The molecule has 0 aliphatic rings. The van der Waals surface area contributed by atoms with Crippen molar-refractivity contribution in [3.63, 3.8) is 0 Å². The largest absolute Gasteiger partial charge is 0.326 e. The number of rotatable bonds is 2. The van der Waals surface area contributed by atoms with Gasteiger partial charge >= 0.3 is 0 Å². The van der Waals surface area contributed by atoms with Crippen LogP contribution in [0.3, 0.4) is 0 Å². The quantitative estimate of drug-likeness (QED) is 0.395. The van der Waals surface area contributed by atoms with Crippen LogP contribution in [0, 0.1) is 0 Å². The zero-order valence-corrected chi connectivity index (χ0v) is 4.50. The first-order chi connectivity index (χ1) is 3.81. The summed E-state index contributed by atoms with van der Waals surface area (Å²) in [7, 11) is 0. The lowest BCUT2D eigenvalue weighted by Crippen LogP contribution is -2.00. The highest BCUT2D eigenvalue weighted by Crippen LogP contribution is 1.70. The van der Waals surface area contributed by atoms with Crippen molar-refractivity contribution in [2.45, 2.75) is 0 Å². The molecule has 0 aromatic heterocycles. The van der Waals surface area contributed by atoms with Crippen molar-refractivity contribution in [1.82, 2.24) is 0 Å². The number of amides is 1. The van der Waals surface area contributed by atoms with Crippen LogP contribution in [0.4, 0.5) is 0 Å². The fourth-order valence-electron chi connectivity index (χ4n) is 0.195. The smallest absolute Gasteiger partial charge is 0.268 e. The molecule has 0 fully saturated rings. The molecule has 0 aliphatic heterocycles. The Bertz CT molecular complexity index is 118. The van der Waals surface area contributed by atoms with Gasteiger partial charge in [0.15, 0.2) is 0 Å². The van der Waals surface area contributed by atoms with Gasteiger partial charge in [-0.1, -0.05) is 6.58 Å². The fraction of sp³-hybridized carbons (Fsp3) is 0.200. The van der Waals surface area contributed by atoms with E-state index in [1.807, 2.05) is 0 Å². The summed E-state index contributed by atoms with van der Waals surface area (Å²) in [5.74, 6) is -0.351. The minimum Gasteiger partial charge on any atom is -0.326 e. The van der Waals surface area contributed by atoms with Crippen LogP contribution >= 0.6 is 0 Å². The van der Waals surface area contributed by atoms with Gasteiger partial charge in [-0.25, -0.2) is 4.99 Å². The van der Waals surface area contributed by atoms with Crippen LogP contribution in [0.15, 0.2) is 17.6 Å². The first kappa shape index (κ1) is 7.04. The summed E-state index contributed by atoms with van der Waals surface area (Å²) in [4.78, 5) is 13.6. The second-order valence-electron chi connectivity index (χ2n) is 1.09. The molecule has 0 saturated heterocycles. The molecule has 3 heteroatoms. The van der Waals surface area contributed by atoms with Crippen LogP contribution in [0.1, 0.15) is 0 Å². The van der Waals surface area contributed by atoms with Gasteiger partial charge in [0.1, 0.15) is 0 Å². The molecule has 2 N–H and O–H groups in total. The molecular weight excluding hydrogens is 104 g/mol. The van der Waals surface area contributed by atoms with E-state index in [1.54, 1.807) is 0 Å². The maximum absolute atomic E-state index is 10.2. The second kappa shape index (κ2) is 4.21. The topological polar surface area (TPSA) is 55.5 Å². The van der Waals surface area contributed by atoms with Crippen LogP contribution in [0.2, 0.25) is 0 Å². The van der Waals surface area contributed by atoms with Crippen LogP contribution in [-0.2, 0) is 4.79 Å². The number of nitrogens with zero attached hydrogens (tertiary/aromatic N) is 1. The van der Waals surface area contributed by atoms with Crippen molar-refractivity contribution in [2.75, 3.05) is 6.54 Å². The Hall–Kier alpha value is -0.960. The number of nitrogens with two attached hydrogens (primary N) is 1. The van der Waals surface area contributed by atoms with Gasteiger partial charge in [-0.05, 0) is 6.08 Å². The SMILES string of the molecule is C=CC(=O)N=CCN. The lowest BCUT2D eigenvalue weighted by molar-refractivity contribution is -0.113. The first-order valence-electron chi connectivity index (χ1n) is 2.20. The minimum absolute atomic E-state index is 0.291. The summed E-state index contributed by atoms with van der Waals surface area (Å²) in [6.07, 6.45) is 2.47. The first-order valence-corrected chi connectivity index (χ1v) is 2.20. The highest BCUT2D eigenvalue weighted by atomic mass is 16.1. The van der Waals surface area contributed by atoms with Gasteiger partial charge in [0.2, 0.25) is 0 Å². The third kappa shape index (κ3) is 3.24. The van der Waals surface area contributed by atoms with E-state index in [0.29, 0.717) is 6.54 Å². The van der Waals surface area contributed by atoms with Gasteiger partial charge in [0.05, 0.1) is 0 Å². The van der Waals surface area contributed by atoms with Crippen molar-refractivity contribution >= 4 is 12.1 Å². The summed E-state index contributed by atoms with van der Waals surface area (Å²) in [6, 6.07) is 0. The van der Waals surface area contributed by atoms with E-state index in [2.05, 4.69) is 11.6 Å². The van der Waals surface area contributed by atoms with Gasteiger partial charge in [-0.2, -0.15) is 0 Å². The third-order valence-corrected chi connectivity index (χ3v) is 0.499. The van der Waals surface area contributed by atoms with E-state index in [1.165, 1.54) is 6.21 Å². The zero-order valence-electron chi connectivity index (χ0n) is 4.50. The molecule has 44 valence electrons. The molecule has 0 heterocycles.